The molecule has 0 fully saturated rings. The number of carbonyl (C=O) groups excluding carboxylic acids is 1. The average molecular weight is 359 g/mol. The fraction of sp³-hybridized carbons (Fsp3) is 0.176. The molecule has 22 heavy (non-hydrogen) atoms. The molecule has 1 atom stereocenters. The summed E-state index contributed by atoms with van der Waals surface area (Å²) in [5.41, 5.74) is 1.56. The molecule has 0 unspecified atom stereocenters. The minimum absolute atomic E-state index is 0.0688. The predicted octanol–water partition coefficient (Wildman–Crippen LogP) is 3.58. The van der Waals surface area contributed by atoms with Gasteiger partial charge in [-0.15, -0.1) is 0 Å². The highest BCUT2D eigenvalue weighted by atomic mass is 79.9. The first-order chi connectivity index (χ1) is 10.6. The Bertz CT molecular complexity index is 693. The van der Waals surface area contributed by atoms with Crippen molar-refractivity contribution in [3.05, 3.63) is 64.1 Å². The van der Waals surface area contributed by atoms with E-state index in [4.69, 9.17) is 10.00 Å². The summed E-state index contributed by atoms with van der Waals surface area (Å²) in [5, 5.41) is 11.6. The lowest BCUT2D eigenvalue weighted by Gasteiger charge is -2.16. The maximum atomic E-state index is 11.9. The molecule has 4 nitrogen and oxygen atoms in total. The van der Waals surface area contributed by atoms with Crippen LogP contribution in [0, 0.1) is 11.3 Å². The molecule has 1 N–H and O–H groups in total. The Balaban J connectivity index is 1.87. The zero-order valence-electron chi connectivity index (χ0n) is 12.0. The highest BCUT2D eigenvalue weighted by Gasteiger charge is 2.12. The van der Waals surface area contributed by atoms with Gasteiger partial charge < -0.3 is 10.1 Å². The Hall–Kier alpha value is -2.32. The molecule has 0 heterocycles. The predicted molar refractivity (Wildman–Crippen MR) is 87.4 cm³/mol. The second-order valence-electron chi connectivity index (χ2n) is 4.74. The first kappa shape index (κ1) is 16.1. The fourth-order valence-electron chi connectivity index (χ4n) is 1.96. The van der Waals surface area contributed by atoms with Gasteiger partial charge in [-0.3, -0.25) is 4.79 Å². The Morgan fingerprint density at radius 3 is 2.59 bits per heavy atom. The van der Waals surface area contributed by atoms with Crippen LogP contribution in [0.2, 0.25) is 0 Å². The van der Waals surface area contributed by atoms with Crippen molar-refractivity contribution in [1.82, 2.24) is 5.32 Å². The van der Waals surface area contributed by atoms with Crippen LogP contribution in [-0.4, -0.2) is 12.5 Å². The van der Waals surface area contributed by atoms with Gasteiger partial charge in [0.2, 0.25) is 0 Å². The van der Waals surface area contributed by atoms with E-state index in [1.165, 1.54) is 0 Å². The van der Waals surface area contributed by atoms with Crippen molar-refractivity contribution < 1.29 is 9.53 Å². The van der Waals surface area contributed by atoms with Gasteiger partial charge in [-0.05, 0) is 42.8 Å². The quantitative estimate of drug-likeness (QED) is 0.888. The van der Waals surface area contributed by atoms with Gasteiger partial charge in [0.25, 0.3) is 5.91 Å². The smallest absolute Gasteiger partial charge is 0.258 e. The zero-order chi connectivity index (χ0) is 15.9. The molecule has 112 valence electrons. The monoisotopic (exact) mass is 358 g/mol. The maximum absolute atomic E-state index is 11.9. The summed E-state index contributed by atoms with van der Waals surface area (Å²) < 4.78 is 6.36. The number of amides is 1. The second kappa shape index (κ2) is 7.62. The van der Waals surface area contributed by atoms with Crippen molar-refractivity contribution >= 4 is 21.8 Å². The number of nitrogens with one attached hydrogen (secondary N) is 1. The van der Waals surface area contributed by atoms with E-state index in [1.54, 1.807) is 24.3 Å². The summed E-state index contributed by atoms with van der Waals surface area (Å²) in [6.07, 6.45) is 0. The standard InChI is InChI=1S/C17H15BrN2O2/c1-12(15-4-2-3-5-16(15)18)20-17(21)11-22-14-8-6-13(10-19)7-9-14/h2-9,12H,11H2,1H3,(H,20,21)/t12-/m0/s1. The first-order valence-corrected chi connectivity index (χ1v) is 7.56. The van der Waals surface area contributed by atoms with Crippen LogP contribution < -0.4 is 10.1 Å². The Kier molecular flexibility index (Phi) is 5.56. The normalized spacial score (nSPS) is 11.3. The van der Waals surface area contributed by atoms with E-state index in [0.717, 1.165) is 10.0 Å². The molecule has 0 aliphatic heterocycles. The molecular weight excluding hydrogens is 344 g/mol. The number of benzene rings is 2. The van der Waals surface area contributed by atoms with E-state index in [2.05, 4.69) is 21.2 Å². The molecule has 0 aromatic heterocycles. The van der Waals surface area contributed by atoms with Crippen molar-refractivity contribution in [3.8, 4) is 11.8 Å². The van der Waals surface area contributed by atoms with Gasteiger partial charge in [0.15, 0.2) is 6.61 Å². The van der Waals surface area contributed by atoms with Gasteiger partial charge >= 0.3 is 0 Å². The van der Waals surface area contributed by atoms with Crippen molar-refractivity contribution in [1.29, 1.82) is 5.26 Å². The number of nitriles is 1. The number of hydrogen-bond donors (Lipinski definition) is 1. The van der Waals surface area contributed by atoms with Crippen LogP contribution in [-0.2, 0) is 4.79 Å². The average Bonchev–Trinajstić information content (AvgIpc) is 2.53. The summed E-state index contributed by atoms with van der Waals surface area (Å²) in [6.45, 7) is 1.85. The lowest BCUT2D eigenvalue weighted by molar-refractivity contribution is -0.123. The highest BCUT2D eigenvalue weighted by molar-refractivity contribution is 9.10. The number of rotatable bonds is 5. The van der Waals surface area contributed by atoms with Crippen LogP contribution in [0.4, 0.5) is 0 Å². The molecular formula is C17H15BrN2O2. The van der Waals surface area contributed by atoms with Crippen LogP contribution in [0.1, 0.15) is 24.1 Å². The molecule has 0 spiro atoms. The van der Waals surface area contributed by atoms with E-state index < -0.39 is 0 Å². The number of hydrogen-bond acceptors (Lipinski definition) is 3. The Morgan fingerprint density at radius 2 is 1.95 bits per heavy atom. The number of nitrogens with zero attached hydrogens (tertiary/aromatic N) is 1. The Labute approximate surface area is 137 Å². The van der Waals surface area contributed by atoms with Gasteiger partial charge in [0.1, 0.15) is 5.75 Å². The molecule has 1 amide bonds. The van der Waals surface area contributed by atoms with Gasteiger partial charge in [0, 0.05) is 4.47 Å². The maximum Gasteiger partial charge on any atom is 0.258 e. The summed E-state index contributed by atoms with van der Waals surface area (Å²) in [6, 6.07) is 16.3. The number of carbonyl (C=O) groups is 1. The zero-order valence-corrected chi connectivity index (χ0v) is 13.6. The SMILES string of the molecule is C[C@H](NC(=O)COc1ccc(C#N)cc1)c1ccccc1Br. The summed E-state index contributed by atoms with van der Waals surface area (Å²) in [4.78, 5) is 11.9. The minimum atomic E-state index is -0.201. The van der Waals surface area contributed by atoms with E-state index >= 15 is 0 Å². The molecule has 0 bridgehead atoms. The van der Waals surface area contributed by atoms with E-state index in [0.29, 0.717) is 11.3 Å². The molecule has 0 saturated carbocycles. The first-order valence-electron chi connectivity index (χ1n) is 6.77. The van der Waals surface area contributed by atoms with Crippen molar-refractivity contribution in [2.24, 2.45) is 0 Å². The van der Waals surface area contributed by atoms with Crippen LogP contribution in [0.5, 0.6) is 5.75 Å². The molecule has 0 aliphatic rings. The van der Waals surface area contributed by atoms with Gasteiger partial charge in [-0.1, -0.05) is 34.1 Å². The Morgan fingerprint density at radius 1 is 1.27 bits per heavy atom. The lowest BCUT2D eigenvalue weighted by atomic mass is 10.1. The van der Waals surface area contributed by atoms with Gasteiger partial charge in [-0.25, -0.2) is 0 Å². The lowest BCUT2D eigenvalue weighted by Crippen LogP contribution is -2.31. The highest BCUT2D eigenvalue weighted by Crippen LogP contribution is 2.22. The van der Waals surface area contributed by atoms with Crippen molar-refractivity contribution in [3.63, 3.8) is 0 Å². The molecule has 2 aromatic rings. The largest absolute Gasteiger partial charge is 0.484 e. The third kappa shape index (κ3) is 4.34. The fourth-order valence-corrected chi connectivity index (χ4v) is 2.59. The van der Waals surface area contributed by atoms with E-state index in [1.807, 2.05) is 37.3 Å². The van der Waals surface area contributed by atoms with Crippen LogP contribution in [0.25, 0.3) is 0 Å². The molecule has 2 aromatic carbocycles. The molecule has 0 aliphatic carbocycles. The topological polar surface area (TPSA) is 62.1 Å². The van der Waals surface area contributed by atoms with Crippen LogP contribution in [0.3, 0.4) is 0 Å². The third-order valence-electron chi connectivity index (χ3n) is 3.10. The van der Waals surface area contributed by atoms with E-state index in [9.17, 15) is 4.79 Å². The third-order valence-corrected chi connectivity index (χ3v) is 3.82. The van der Waals surface area contributed by atoms with Crippen molar-refractivity contribution in [2.75, 3.05) is 6.61 Å². The molecule has 0 saturated heterocycles. The van der Waals surface area contributed by atoms with Gasteiger partial charge in [-0.2, -0.15) is 5.26 Å². The number of halogens is 1. The summed E-state index contributed by atoms with van der Waals surface area (Å²) in [7, 11) is 0. The molecule has 0 radical (unpaired) electrons. The molecule has 2 rings (SSSR count). The second-order valence-corrected chi connectivity index (χ2v) is 5.59. The summed E-state index contributed by atoms with van der Waals surface area (Å²) >= 11 is 3.47. The van der Waals surface area contributed by atoms with E-state index in [-0.39, 0.29) is 18.6 Å². The van der Waals surface area contributed by atoms with Crippen molar-refractivity contribution in [2.45, 2.75) is 13.0 Å². The van der Waals surface area contributed by atoms with Crippen LogP contribution >= 0.6 is 15.9 Å². The number of ether oxygens (including phenoxy) is 1. The van der Waals surface area contributed by atoms with Gasteiger partial charge in [0.05, 0.1) is 17.7 Å². The minimum Gasteiger partial charge on any atom is -0.484 e. The summed E-state index contributed by atoms with van der Waals surface area (Å²) in [5.74, 6) is 0.357. The molecule has 5 heteroatoms. The van der Waals surface area contributed by atoms with Crippen LogP contribution in [0.15, 0.2) is 53.0 Å².